The molecule has 3 N–H and O–H groups in total. The third-order valence-electron chi connectivity index (χ3n) is 2.94. The van der Waals surface area contributed by atoms with E-state index in [9.17, 15) is 14.4 Å². The van der Waals surface area contributed by atoms with Crippen LogP contribution >= 0.6 is 8.58 Å². The van der Waals surface area contributed by atoms with Gasteiger partial charge < -0.3 is 16.0 Å². The van der Waals surface area contributed by atoms with Crippen molar-refractivity contribution in [2.75, 3.05) is 7.05 Å². The number of carbonyl (C=O) groups is 3. The summed E-state index contributed by atoms with van der Waals surface area (Å²) in [5.41, 5.74) is 5.26. The Labute approximate surface area is 114 Å². The quantitative estimate of drug-likeness (QED) is 0.694. The smallest absolute Gasteiger partial charge is 0.244 e. The molecule has 106 valence electrons. The zero-order valence-corrected chi connectivity index (χ0v) is 12.4. The summed E-state index contributed by atoms with van der Waals surface area (Å²) in [5, 5.41) is 3.40. The summed E-state index contributed by atoms with van der Waals surface area (Å²) in [6.07, 6.45) is 2.15. The van der Waals surface area contributed by atoms with E-state index in [1.54, 1.807) is 7.05 Å². The van der Waals surface area contributed by atoms with Crippen molar-refractivity contribution in [3.05, 3.63) is 11.1 Å². The number of unbranched alkanes of at least 4 members (excludes halogenated alkanes) is 1. The van der Waals surface area contributed by atoms with Crippen LogP contribution in [0.3, 0.4) is 0 Å². The van der Waals surface area contributed by atoms with Gasteiger partial charge in [0.05, 0.1) is 5.31 Å². The molecule has 2 atom stereocenters. The van der Waals surface area contributed by atoms with Crippen LogP contribution in [0.5, 0.6) is 0 Å². The third kappa shape index (κ3) is 3.77. The molecule has 0 aromatic rings. The lowest BCUT2D eigenvalue weighted by Gasteiger charge is -2.19. The van der Waals surface area contributed by atoms with Gasteiger partial charge in [-0.15, -0.1) is 0 Å². The van der Waals surface area contributed by atoms with Crippen molar-refractivity contribution in [1.29, 1.82) is 0 Å². The Morgan fingerprint density at radius 1 is 1.42 bits per heavy atom. The van der Waals surface area contributed by atoms with Crippen molar-refractivity contribution in [3.63, 3.8) is 0 Å². The molecule has 19 heavy (non-hydrogen) atoms. The number of nitrogens with two attached hydrogens (primary N) is 1. The molecule has 1 rings (SSSR count). The number of allylic oxidation sites excluding steroid dienone is 1. The largest absolute Gasteiger partial charge is 0.368 e. The van der Waals surface area contributed by atoms with Crippen LogP contribution in [-0.2, 0) is 14.4 Å². The average molecular weight is 285 g/mol. The first-order chi connectivity index (χ1) is 8.88. The monoisotopic (exact) mass is 285 g/mol. The van der Waals surface area contributed by atoms with Crippen molar-refractivity contribution in [2.45, 2.75) is 38.9 Å². The summed E-state index contributed by atoms with van der Waals surface area (Å²) in [7, 11) is 1.55. The van der Waals surface area contributed by atoms with E-state index in [-0.39, 0.29) is 20.3 Å². The third-order valence-corrected chi connectivity index (χ3v) is 4.46. The minimum absolute atomic E-state index is 0.0143. The van der Waals surface area contributed by atoms with Crippen LogP contribution in [0.1, 0.15) is 33.1 Å². The maximum absolute atomic E-state index is 12.1. The van der Waals surface area contributed by atoms with Crippen LogP contribution in [0, 0.1) is 0 Å². The number of Topliss-reactive ketones (excluding diaryl/α,β-unsaturated/α-hetero) is 1. The summed E-state index contributed by atoms with van der Waals surface area (Å²) >= 11 is 0. The van der Waals surface area contributed by atoms with Gasteiger partial charge in [-0.05, 0) is 15.0 Å². The first-order valence-electron chi connectivity index (χ1n) is 6.22. The molecule has 2 unspecified atom stereocenters. The minimum Gasteiger partial charge on any atom is -0.368 e. The van der Waals surface area contributed by atoms with Gasteiger partial charge in [-0.2, -0.15) is 0 Å². The Hall–Kier alpha value is -1.42. The summed E-state index contributed by atoms with van der Waals surface area (Å²) < 4.78 is 0. The topological polar surface area (TPSA) is 92.5 Å². The molecule has 0 radical (unpaired) electrons. The highest BCUT2D eigenvalue weighted by Gasteiger charge is 2.33. The zero-order valence-electron chi connectivity index (χ0n) is 11.4. The number of nitrogens with one attached hydrogen (secondary N) is 1. The van der Waals surface area contributed by atoms with Crippen molar-refractivity contribution < 1.29 is 14.4 Å². The van der Waals surface area contributed by atoms with Gasteiger partial charge in [0.25, 0.3) is 0 Å². The van der Waals surface area contributed by atoms with Gasteiger partial charge >= 0.3 is 0 Å². The fourth-order valence-corrected chi connectivity index (χ4v) is 3.00. The van der Waals surface area contributed by atoms with E-state index in [4.69, 9.17) is 5.73 Å². The molecule has 0 spiro atoms. The van der Waals surface area contributed by atoms with E-state index in [2.05, 4.69) is 5.32 Å². The van der Waals surface area contributed by atoms with Gasteiger partial charge in [-0.25, -0.2) is 0 Å². The van der Waals surface area contributed by atoms with Gasteiger partial charge in [-0.3, -0.25) is 14.4 Å². The second-order valence-corrected chi connectivity index (χ2v) is 5.82. The number of nitrogens with zero attached hydrogens (tertiary/aromatic N) is 1. The number of hydrogen-bond acceptors (Lipinski definition) is 4. The van der Waals surface area contributed by atoms with E-state index >= 15 is 0 Å². The normalized spacial score (nSPS) is 19.4. The van der Waals surface area contributed by atoms with Crippen molar-refractivity contribution in [2.24, 2.45) is 5.73 Å². The molecule has 0 bridgehead atoms. The minimum atomic E-state index is -0.586. The van der Waals surface area contributed by atoms with Crippen LogP contribution in [0.4, 0.5) is 0 Å². The molecule has 2 amide bonds. The standard InChI is InChI=1S/C12H20N3O3P/c1-4-5-6-8(17)9-11(15(3)7(2)16)14-12(19-9)10(13)18/h12,14,19H,4-6H2,1-3H3,(H2,13,18). The number of primary amides is 1. The van der Waals surface area contributed by atoms with Gasteiger partial charge in [0.1, 0.15) is 11.6 Å². The molecule has 0 aliphatic carbocycles. The summed E-state index contributed by atoms with van der Waals surface area (Å²) in [6, 6.07) is 0. The van der Waals surface area contributed by atoms with E-state index < -0.39 is 11.7 Å². The highest BCUT2D eigenvalue weighted by Crippen LogP contribution is 2.38. The lowest BCUT2D eigenvalue weighted by molar-refractivity contribution is -0.126. The highest BCUT2D eigenvalue weighted by atomic mass is 31.1. The van der Waals surface area contributed by atoms with Crippen molar-refractivity contribution in [3.8, 4) is 0 Å². The summed E-state index contributed by atoms with van der Waals surface area (Å²) in [5.74, 6) is -0.878. The Balaban J connectivity index is 2.95. The summed E-state index contributed by atoms with van der Waals surface area (Å²) in [6.45, 7) is 3.41. The molecule has 7 heteroatoms. The highest BCUT2D eigenvalue weighted by molar-refractivity contribution is 7.47. The summed E-state index contributed by atoms with van der Waals surface area (Å²) in [4.78, 5) is 36.1. The second kappa shape index (κ2) is 6.66. The Bertz CT molecular complexity index is 434. The molecule has 0 saturated heterocycles. The van der Waals surface area contributed by atoms with Crippen LogP contribution in [0.2, 0.25) is 0 Å². The molecule has 0 aromatic heterocycles. The maximum Gasteiger partial charge on any atom is 0.244 e. The number of amides is 2. The van der Waals surface area contributed by atoms with Crippen LogP contribution in [-0.4, -0.2) is 35.3 Å². The molecule has 6 nitrogen and oxygen atoms in total. The van der Waals surface area contributed by atoms with Gasteiger partial charge in [0.15, 0.2) is 5.78 Å². The fourth-order valence-electron chi connectivity index (χ4n) is 1.70. The van der Waals surface area contributed by atoms with Crippen LogP contribution < -0.4 is 11.1 Å². The number of hydrogen-bond donors (Lipinski definition) is 2. The van der Waals surface area contributed by atoms with Crippen LogP contribution in [0.15, 0.2) is 11.1 Å². The Morgan fingerprint density at radius 2 is 2.05 bits per heavy atom. The molecule has 0 aromatic carbocycles. The van der Waals surface area contributed by atoms with Gasteiger partial charge in [-0.1, -0.05) is 13.3 Å². The van der Waals surface area contributed by atoms with E-state index in [0.717, 1.165) is 12.8 Å². The lowest BCUT2D eigenvalue weighted by Crippen LogP contribution is -2.39. The van der Waals surface area contributed by atoms with E-state index in [1.165, 1.54) is 11.8 Å². The van der Waals surface area contributed by atoms with Crippen molar-refractivity contribution >= 4 is 26.2 Å². The fraction of sp³-hybridized carbons (Fsp3) is 0.583. The van der Waals surface area contributed by atoms with Gasteiger partial charge in [0.2, 0.25) is 11.8 Å². The first-order valence-corrected chi connectivity index (χ1v) is 7.30. The average Bonchev–Trinajstić information content (AvgIpc) is 2.79. The SMILES string of the molecule is CCCCC(=O)C1=C(N(C)C(C)=O)NC(C(N)=O)P1. The van der Waals surface area contributed by atoms with E-state index in [1.807, 2.05) is 6.92 Å². The second-order valence-electron chi connectivity index (χ2n) is 4.45. The van der Waals surface area contributed by atoms with Crippen molar-refractivity contribution in [1.82, 2.24) is 10.2 Å². The maximum atomic E-state index is 12.1. The van der Waals surface area contributed by atoms with E-state index in [0.29, 0.717) is 17.6 Å². The van der Waals surface area contributed by atoms with Gasteiger partial charge in [0, 0.05) is 20.4 Å². The Morgan fingerprint density at radius 3 is 2.53 bits per heavy atom. The van der Waals surface area contributed by atoms with Crippen LogP contribution in [0.25, 0.3) is 0 Å². The predicted molar refractivity (Wildman–Crippen MR) is 74.4 cm³/mol. The molecular formula is C12H20N3O3P. The lowest BCUT2D eigenvalue weighted by atomic mass is 10.2. The molecule has 1 aliphatic rings. The molecule has 1 aliphatic heterocycles. The predicted octanol–water partition coefficient (Wildman–Crippen LogP) is 0.486. The zero-order chi connectivity index (χ0) is 14.6. The molecule has 0 fully saturated rings. The number of carbonyl (C=O) groups excluding carboxylic acids is 3. The Kier molecular flexibility index (Phi) is 5.48. The number of rotatable bonds is 6. The first kappa shape index (κ1) is 15.6. The number of ketones is 1. The molecular weight excluding hydrogens is 265 g/mol. The molecule has 0 saturated carbocycles. The molecule has 1 heterocycles.